The number of nitrogens with one attached hydrogen (secondary N) is 3. The second-order valence-electron chi connectivity index (χ2n) is 8.08. The average molecular weight is 476 g/mol. The largest absolute Gasteiger partial charge is 0.338 e. The van der Waals surface area contributed by atoms with Gasteiger partial charge in [-0.2, -0.15) is 10.1 Å². The molecule has 31 heavy (non-hydrogen) atoms. The maximum absolute atomic E-state index is 6.40. The lowest BCUT2D eigenvalue weighted by Gasteiger charge is -2.24. The van der Waals surface area contributed by atoms with Crippen LogP contribution in [0, 0.1) is 6.92 Å². The van der Waals surface area contributed by atoms with E-state index in [-0.39, 0.29) is 0 Å². The van der Waals surface area contributed by atoms with Gasteiger partial charge < -0.3 is 16.0 Å². The Morgan fingerprint density at radius 1 is 1.13 bits per heavy atom. The molecule has 7 nitrogen and oxygen atoms in total. The lowest BCUT2D eigenvalue weighted by molar-refractivity contribution is 0.338. The molecule has 1 aromatic carbocycles. The van der Waals surface area contributed by atoms with Crippen molar-refractivity contribution >= 4 is 57.9 Å². The van der Waals surface area contributed by atoms with Crippen LogP contribution in [0.15, 0.2) is 36.7 Å². The zero-order chi connectivity index (χ0) is 22.0. The number of halogens is 1. The van der Waals surface area contributed by atoms with Crippen LogP contribution in [0.3, 0.4) is 0 Å². The summed E-state index contributed by atoms with van der Waals surface area (Å²) in [7, 11) is 0. The van der Waals surface area contributed by atoms with E-state index >= 15 is 0 Å². The standard InChI is InChI=1S/C21H27ClN7PS/c1-14-18(13-25-29(14)15-8-10-23-11-9-15)27-21-24-12-16(22)20(28-21)26-17-6-4-5-7-19(17)30(2,3)31/h4-7,12-13,15,23H,8-11H2,1-3H3,(H2,24,26,27,28). The third-order valence-corrected chi connectivity index (χ3v) is 7.84. The summed E-state index contributed by atoms with van der Waals surface area (Å²) in [6.45, 7) is 8.33. The topological polar surface area (TPSA) is 79.7 Å². The fraction of sp³-hybridized carbons (Fsp3) is 0.381. The van der Waals surface area contributed by atoms with E-state index in [0.717, 1.165) is 48.3 Å². The molecule has 1 fully saturated rings. The molecule has 0 spiro atoms. The molecule has 0 amide bonds. The third kappa shape index (κ3) is 5.09. The fourth-order valence-corrected chi connectivity index (χ4v) is 5.55. The van der Waals surface area contributed by atoms with E-state index < -0.39 is 6.04 Å². The number of hydrogen-bond acceptors (Lipinski definition) is 7. The van der Waals surface area contributed by atoms with E-state index in [2.05, 4.69) is 62.0 Å². The molecule has 1 aliphatic rings. The van der Waals surface area contributed by atoms with Crippen molar-refractivity contribution in [2.24, 2.45) is 0 Å². The molecule has 10 heteroatoms. The van der Waals surface area contributed by atoms with Crippen LogP contribution < -0.4 is 21.3 Å². The van der Waals surface area contributed by atoms with Gasteiger partial charge in [0.05, 0.1) is 29.8 Å². The van der Waals surface area contributed by atoms with E-state index in [1.165, 1.54) is 0 Å². The van der Waals surface area contributed by atoms with Crippen LogP contribution in [-0.2, 0) is 11.8 Å². The summed E-state index contributed by atoms with van der Waals surface area (Å²) in [5, 5.41) is 16.2. The summed E-state index contributed by atoms with van der Waals surface area (Å²) in [6.07, 6.45) is 5.59. The van der Waals surface area contributed by atoms with Gasteiger partial charge in [0.25, 0.3) is 0 Å². The zero-order valence-corrected chi connectivity index (χ0v) is 20.4. The molecule has 3 N–H and O–H groups in total. The van der Waals surface area contributed by atoms with Crippen molar-refractivity contribution in [3.05, 3.63) is 47.4 Å². The van der Waals surface area contributed by atoms with Gasteiger partial charge in [-0.15, -0.1) is 0 Å². The lowest BCUT2D eigenvalue weighted by atomic mass is 10.1. The first-order valence-electron chi connectivity index (χ1n) is 10.3. The summed E-state index contributed by atoms with van der Waals surface area (Å²) in [4.78, 5) is 8.97. The molecule has 0 radical (unpaired) electrons. The van der Waals surface area contributed by atoms with Crippen molar-refractivity contribution in [2.45, 2.75) is 25.8 Å². The number of aromatic nitrogens is 4. The predicted molar refractivity (Wildman–Crippen MR) is 134 cm³/mol. The highest BCUT2D eigenvalue weighted by atomic mass is 35.5. The molecule has 0 saturated carbocycles. The monoisotopic (exact) mass is 475 g/mol. The van der Waals surface area contributed by atoms with Gasteiger partial charge in [-0.1, -0.05) is 41.6 Å². The molecule has 0 aliphatic carbocycles. The van der Waals surface area contributed by atoms with E-state index in [1.54, 1.807) is 6.20 Å². The van der Waals surface area contributed by atoms with Crippen LogP contribution in [0.4, 0.5) is 23.1 Å². The van der Waals surface area contributed by atoms with Gasteiger partial charge in [-0.25, -0.2) is 4.98 Å². The first-order valence-corrected chi connectivity index (χ1v) is 14.4. The number of hydrogen-bond donors (Lipinski definition) is 3. The Morgan fingerprint density at radius 3 is 2.61 bits per heavy atom. The van der Waals surface area contributed by atoms with Crippen molar-refractivity contribution in [1.82, 2.24) is 25.1 Å². The quantitative estimate of drug-likeness (QED) is 0.455. The van der Waals surface area contributed by atoms with Crippen LogP contribution in [0.5, 0.6) is 0 Å². The maximum atomic E-state index is 6.40. The van der Waals surface area contributed by atoms with Gasteiger partial charge in [0.2, 0.25) is 5.95 Å². The normalized spacial score (nSPS) is 15.1. The Bertz CT molecular complexity index is 1120. The first kappa shape index (κ1) is 22.2. The molecular weight excluding hydrogens is 449 g/mol. The number of benzene rings is 1. The Kier molecular flexibility index (Phi) is 6.63. The van der Waals surface area contributed by atoms with Crippen molar-refractivity contribution in [2.75, 3.05) is 37.1 Å². The molecule has 0 unspecified atom stereocenters. The van der Waals surface area contributed by atoms with Crippen LogP contribution in [0.25, 0.3) is 0 Å². The summed E-state index contributed by atoms with van der Waals surface area (Å²) >= 11 is 12.1. The average Bonchev–Trinajstić information content (AvgIpc) is 3.11. The van der Waals surface area contributed by atoms with E-state index in [4.69, 9.17) is 23.4 Å². The van der Waals surface area contributed by atoms with Crippen molar-refractivity contribution in [3.8, 4) is 0 Å². The highest BCUT2D eigenvalue weighted by Crippen LogP contribution is 2.39. The van der Waals surface area contributed by atoms with Crippen LogP contribution in [-0.4, -0.2) is 46.2 Å². The lowest BCUT2D eigenvalue weighted by Crippen LogP contribution is -2.30. The Balaban J connectivity index is 1.57. The smallest absolute Gasteiger partial charge is 0.229 e. The van der Waals surface area contributed by atoms with Gasteiger partial charge >= 0.3 is 0 Å². The highest BCUT2D eigenvalue weighted by molar-refractivity contribution is 8.17. The SMILES string of the molecule is Cc1c(Nc2ncc(Cl)c(Nc3ccccc3P(C)(C)=S)n2)cnn1C1CCNCC1. The van der Waals surface area contributed by atoms with Gasteiger partial charge in [0.15, 0.2) is 5.82 Å². The number of anilines is 4. The van der Waals surface area contributed by atoms with Gasteiger partial charge in [-0.3, -0.25) is 4.68 Å². The molecule has 1 aliphatic heterocycles. The van der Waals surface area contributed by atoms with Crippen molar-refractivity contribution < 1.29 is 0 Å². The minimum absolute atomic E-state index is 0.418. The van der Waals surface area contributed by atoms with Gasteiger partial charge in [-0.05, 0) is 58.3 Å². The molecule has 2 aromatic heterocycles. The number of piperidine rings is 1. The number of rotatable bonds is 6. The first-order chi connectivity index (χ1) is 14.8. The highest BCUT2D eigenvalue weighted by Gasteiger charge is 2.19. The molecule has 3 aromatic rings. The van der Waals surface area contributed by atoms with E-state index in [0.29, 0.717) is 22.8 Å². The molecule has 1 saturated heterocycles. The van der Waals surface area contributed by atoms with E-state index in [9.17, 15) is 0 Å². The minimum Gasteiger partial charge on any atom is -0.338 e. The second kappa shape index (κ2) is 9.25. The Morgan fingerprint density at radius 2 is 1.87 bits per heavy atom. The molecule has 4 rings (SSSR count). The predicted octanol–water partition coefficient (Wildman–Crippen LogP) is 4.41. The molecule has 3 heterocycles. The maximum Gasteiger partial charge on any atom is 0.229 e. The molecular formula is C21H27ClN7PS. The number of nitrogens with zero attached hydrogens (tertiary/aromatic N) is 4. The molecule has 0 bridgehead atoms. The van der Waals surface area contributed by atoms with Crippen LogP contribution in [0.2, 0.25) is 5.02 Å². The van der Waals surface area contributed by atoms with Gasteiger partial charge in [0, 0.05) is 11.0 Å². The molecule has 164 valence electrons. The van der Waals surface area contributed by atoms with E-state index in [1.807, 2.05) is 24.4 Å². The Labute approximate surface area is 193 Å². The summed E-state index contributed by atoms with van der Waals surface area (Å²) in [5.74, 6) is 1.00. The van der Waals surface area contributed by atoms with Crippen molar-refractivity contribution in [1.29, 1.82) is 0 Å². The fourth-order valence-electron chi connectivity index (χ4n) is 3.78. The summed E-state index contributed by atoms with van der Waals surface area (Å²) < 4.78 is 2.10. The van der Waals surface area contributed by atoms with Crippen LogP contribution in [0.1, 0.15) is 24.6 Å². The number of para-hydroxylation sites is 1. The molecule has 0 atom stereocenters. The minimum atomic E-state index is -1.64. The van der Waals surface area contributed by atoms with Gasteiger partial charge in [0.1, 0.15) is 5.02 Å². The zero-order valence-electron chi connectivity index (χ0n) is 17.9. The van der Waals surface area contributed by atoms with Crippen molar-refractivity contribution in [3.63, 3.8) is 0 Å². The Hall–Kier alpha value is -1.99. The second-order valence-corrected chi connectivity index (χ2v) is 14.4. The summed E-state index contributed by atoms with van der Waals surface area (Å²) in [5.41, 5.74) is 2.89. The van der Waals surface area contributed by atoms with Crippen LogP contribution >= 0.6 is 17.6 Å². The summed E-state index contributed by atoms with van der Waals surface area (Å²) in [6, 6.07) is 6.83. The third-order valence-electron chi connectivity index (χ3n) is 5.43.